The number of nitrogens with one attached hydrogen (secondary N) is 1. The van der Waals surface area contributed by atoms with Crippen LogP contribution in [0.2, 0.25) is 5.02 Å². The van der Waals surface area contributed by atoms with Crippen molar-refractivity contribution >= 4 is 56.9 Å². The van der Waals surface area contributed by atoms with Crippen LogP contribution in [0.4, 0.5) is 15.8 Å². The zero-order valence-electron chi connectivity index (χ0n) is 25.2. The molecule has 242 valence electrons. The Morgan fingerprint density at radius 1 is 1.02 bits per heavy atom. The van der Waals surface area contributed by atoms with Crippen LogP contribution in [0, 0.1) is 5.82 Å². The standard InChI is InChI=1S/C21H23ClFNO5.C10H12N2O3S/c1-2-3-6-9-28-19(25)12-29-18-11-17(16(23)10-15(18)22)24-20(26)13-7-4-5-8-14(13)21(24)27;1-7(2)12-10(13)8-5-3-4-6-9(8)11-16(12,14)15/h10-11H,2-9,12H2,1H3;3-7,11H,1-2H3. The number of carbonyl (C=O) groups excluding carboxylic acids is 4. The molecule has 0 fully saturated rings. The van der Waals surface area contributed by atoms with Gasteiger partial charge in [-0.25, -0.2) is 18.4 Å². The number of fused-ring (bicyclic) bond motifs is 1. The molecule has 0 unspecified atom stereocenters. The Bertz CT molecular complexity index is 1620. The van der Waals surface area contributed by atoms with Crippen molar-refractivity contribution in [2.24, 2.45) is 0 Å². The van der Waals surface area contributed by atoms with E-state index < -0.39 is 52.4 Å². The number of anilines is 2. The van der Waals surface area contributed by atoms with Gasteiger partial charge in [-0.15, -0.1) is 0 Å². The Labute approximate surface area is 266 Å². The summed E-state index contributed by atoms with van der Waals surface area (Å²) in [5.41, 5.74) is 1.39. The number of benzene rings is 2. The summed E-state index contributed by atoms with van der Waals surface area (Å²) >= 11 is 6.02. The molecule has 5 rings (SSSR count). The molecule has 3 amide bonds. The summed E-state index contributed by atoms with van der Waals surface area (Å²) in [5, 5.41) is -0.0677. The zero-order valence-corrected chi connectivity index (χ0v) is 26.8. The van der Waals surface area contributed by atoms with Crippen molar-refractivity contribution in [2.75, 3.05) is 22.8 Å². The van der Waals surface area contributed by atoms with Crippen molar-refractivity contribution in [1.29, 1.82) is 0 Å². The lowest BCUT2D eigenvalue weighted by Gasteiger charge is -2.31. The van der Waals surface area contributed by atoms with Crippen molar-refractivity contribution in [3.63, 3.8) is 0 Å². The number of unbranched alkanes of at least 4 members (excludes halogenated alkanes) is 2. The van der Waals surface area contributed by atoms with Gasteiger partial charge < -0.3 is 9.47 Å². The van der Waals surface area contributed by atoms with Crippen LogP contribution in [0.15, 0.2) is 47.5 Å². The van der Waals surface area contributed by atoms with Gasteiger partial charge in [0.15, 0.2) is 6.61 Å². The largest absolute Gasteiger partial charge is 0.480 e. The minimum absolute atomic E-state index is 0.000883. The van der Waals surface area contributed by atoms with Gasteiger partial charge in [0.25, 0.3) is 17.7 Å². The van der Waals surface area contributed by atoms with Crippen LogP contribution in [0.1, 0.15) is 76.1 Å². The number of amides is 3. The Morgan fingerprint density at radius 2 is 1.67 bits per heavy atom. The first kappa shape index (κ1) is 33.9. The van der Waals surface area contributed by atoms with Crippen molar-refractivity contribution in [1.82, 2.24) is 4.31 Å². The molecule has 45 heavy (non-hydrogen) atoms. The molecule has 2 aromatic rings. The number of hydrogen-bond donors (Lipinski definition) is 1. The molecule has 1 aliphatic carbocycles. The maximum Gasteiger partial charge on any atom is 0.344 e. The first-order valence-corrected chi connectivity index (χ1v) is 16.5. The van der Waals surface area contributed by atoms with Crippen LogP contribution in [0.5, 0.6) is 5.75 Å². The van der Waals surface area contributed by atoms with Crippen LogP contribution in [-0.2, 0) is 29.3 Å². The van der Waals surface area contributed by atoms with Gasteiger partial charge in [0.1, 0.15) is 11.6 Å². The number of imide groups is 1. The number of ether oxygens (including phenoxy) is 2. The molecule has 3 aliphatic rings. The number of halogens is 2. The molecule has 0 aromatic heterocycles. The molecule has 0 saturated carbocycles. The molecule has 1 N–H and O–H groups in total. The summed E-state index contributed by atoms with van der Waals surface area (Å²) in [6.45, 7) is 5.25. The highest BCUT2D eigenvalue weighted by Gasteiger charge is 2.41. The second-order valence-electron chi connectivity index (χ2n) is 10.9. The zero-order chi connectivity index (χ0) is 32.9. The fourth-order valence-electron chi connectivity index (χ4n) is 5.16. The highest BCUT2D eigenvalue weighted by atomic mass is 35.5. The van der Waals surface area contributed by atoms with Crippen LogP contribution in [0.25, 0.3) is 0 Å². The average molecular weight is 664 g/mol. The number of hydrogen-bond acceptors (Lipinski definition) is 8. The Morgan fingerprint density at radius 3 is 2.29 bits per heavy atom. The summed E-state index contributed by atoms with van der Waals surface area (Å²) < 4.78 is 51.8. The number of esters is 1. The Balaban J connectivity index is 0.000000242. The van der Waals surface area contributed by atoms with Gasteiger partial charge in [-0.3, -0.25) is 19.1 Å². The van der Waals surface area contributed by atoms with E-state index in [2.05, 4.69) is 4.72 Å². The third kappa shape index (κ3) is 7.47. The molecule has 0 radical (unpaired) electrons. The molecular formula is C31H35ClFN3O8S. The predicted octanol–water partition coefficient (Wildman–Crippen LogP) is 5.54. The maximum atomic E-state index is 14.5. The van der Waals surface area contributed by atoms with E-state index in [0.717, 1.165) is 47.4 Å². The van der Waals surface area contributed by atoms with Crippen molar-refractivity contribution in [3.8, 4) is 5.75 Å². The van der Waals surface area contributed by atoms with Crippen LogP contribution in [-0.4, -0.2) is 55.7 Å². The van der Waals surface area contributed by atoms with E-state index in [-0.39, 0.29) is 16.5 Å². The van der Waals surface area contributed by atoms with Gasteiger partial charge in [-0.05, 0) is 64.2 Å². The molecule has 0 spiro atoms. The van der Waals surface area contributed by atoms with Gasteiger partial charge in [0, 0.05) is 23.3 Å². The number of carbonyl (C=O) groups is 4. The van der Waals surface area contributed by atoms with Gasteiger partial charge in [0.05, 0.1) is 28.6 Å². The summed E-state index contributed by atoms with van der Waals surface area (Å²) in [6.07, 6.45) is 5.40. The van der Waals surface area contributed by atoms with Crippen LogP contribution < -0.4 is 14.4 Å². The Hall–Kier alpha value is -3.97. The topological polar surface area (TPSA) is 139 Å². The molecule has 11 nitrogen and oxygen atoms in total. The molecule has 14 heteroatoms. The molecule has 0 saturated heterocycles. The normalized spacial score (nSPS) is 17.0. The van der Waals surface area contributed by atoms with E-state index >= 15 is 0 Å². The molecule has 2 aromatic carbocycles. The highest BCUT2D eigenvalue weighted by Crippen LogP contribution is 2.39. The molecule has 2 heterocycles. The summed E-state index contributed by atoms with van der Waals surface area (Å²) in [5.74, 6) is -2.89. The number of nitrogens with zero attached hydrogens (tertiary/aromatic N) is 2. The fraction of sp³-hybridized carbons (Fsp3) is 0.419. The first-order valence-electron chi connectivity index (χ1n) is 14.7. The smallest absolute Gasteiger partial charge is 0.344 e. The SMILES string of the molecule is CC(C)N1C(=O)c2ccccc2NS1(=O)=O.CCCCCOC(=O)COc1cc(N2C(=O)C3=C(CCCC3)C2=O)c(F)cc1Cl. The van der Waals surface area contributed by atoms with Crippen molar-refractivity contribution < 1.29 is 41.5 Å². The van der Waals surface area contributed by atoms with E-state index in [9.17, 15) is 32.0 Å². The van der Waals surface area contributed by atoms with Gasteiger partial charge in [-0.1, -0.05) is 43.5 Å². The third-order valence-electron chi connectivity index (χ3n) is 7.31. The minimum atomic E-state index is -3.75. The lowest BCUT2D eigenvalue weighted by Crippen LogP contribution is -2.48. The first-order chi connectivity index (χ1) is 21.4. The third-order valence-corrected chi connectivity index (χ3v) is 9.19. The Kier molecular flexibility index (Phi) is 10.9. The predicted molar refractivity (Wildman–Crippen MR) is 166 cm³/mol. The molecule has 0 atom stereocenters. The quantitative estimate of drug-likeness (QED) is 0.210. The van der Waals surface area contributed by atoms with E-state index in [1.54, 1.807) is 38.1 Å². The van der Waals surface area contributed by atoms with E-state index in [0.29, 0.717) is 41.8 Å². The number of para-hydroxylation sites is 1. The fourth-order valence-corrected chi connectivity index (χ4v) is 6.79. The molecule has 2 aliphatic heterocycles. The van der Waals surface area contributed by atoms with Gasteiger partial charge in [-0.2, -0.15) is 8.42 Å². The van der Waals surface area contributed by atoms with Gasteiger partial charge >= 0.3 is 16.2 Å². The average Bonchev–Trinajstić information content (AvgIpc) is 3.24. The van der Waals surface area contributed by atoms with E-state index in [1.807, 2.05) is 6.92 Å². The van der Waals surface area contributed by atoms with E-state index in [1.165, 1.54) is 6.07 Å². The lowest BCUT2D eigenvalue weighted by molar-refractivity contribution is -0.146. The van der Waals surface area contributed by atoms with Crippen LogP contribution in [0.3, 0.4) is 0 Å². The monoisotopic (exact) mass is 663 g/mol. The van der Waals surface area contributed by atoms with Gasteiger partial charge in [0.2, 0.25) is 0 Å². The maximum absolute atomic E-state index is 14.5. The lowest BCUT2D eigenvalue weighted by atomic mass is 9.93. The van der Waals surface area contributed by atoms with Crippen molar-refractivity contribution in [2.45, 2.75) is 71.8 Å². The summed E-state index contributed by atoms with van der Waals surface area (Å²) in [6, 6.07) is 8.30. The summed E-state index contributed by atoms with van der Waals surface area (Å²) in [4.78, 5) is 49.9. The minimum Gasteiger partial charge on any atom is -0.480 e. The number of rotatable bonds is 9. The highest BCUT2D eigenvalue weighted by molar-refractivity contribution is 7.91. The van der Waals surface area contributed by atoms with Crippen molar-refractivity contribution in [3.05, 3.63) is 63.9 Å². The second kappa shape index (κ2) is 14.4. The van der Waals surface area contributed by atoms with E-state index in [4.69, 9.17) is 21.1 Å². The second-order valence-corrected chi connectivity index (χ2v) is 12.9. The molecule has 0 bridgehead atoms. The summed E-state index contributed by atoms with van der Waals surface area (Å²) in [7, 11) is -3.75. The molecular weight excluding hydrogens is 629 g/mol. The van der Waals surface area contributed by atoms with Crippen LogP contribution >= 0.6 is 11.6 Å².